The van der Waals surface area contributed by atoms with Gasteiger partial charge in [-0.2, -0.15) is 0 Å². The Hall–Kier alpha value is -4.21. The molecule has 0 spiro atoms. The number of pyridine rings is 1. The molecule has 2 N–H and O–H groups in total. The third kappa shape index (κ3) is 5.79. The molecule has 37 heavy (non-hydrogen) atoms. The molecule has 10 nitrogen and oxygen atoms in total. The minimum Gasteiger partial charge on any atom is -0.493 e. The van der Waals surface area contributed by atoms with Crippen molar-refractivity contribution in [2.75, 3.05) is 27.3 Å². The summed E-state index contributed by atoms with van der Waals surface area (Å²) in [6, 6.07) is 5.96. The molecule has 1 atom stereocenters. The van der Waals surface area contributed by atoms with Gasteiger partial charge in [0.2, 0.25) is 11.7 Å². The molecule has 2 aliphatic rings. The molecule has 1 aliphatic carbocycles. The largest absolute Gasteiger partial charge is 0.493 e. The lowest BCUT2D eigenvalue weighted by Crippen LogP contribution is -2.49. The van der Waals surface area contributed by atoms with Crippen LogP contribution in [-0.4, -0.2) is 66.7 Å². The maximum Gasteiger partial charge on any atom is 0.289 e. The van der Waals surface area contributed by atoms with Crippen LogP contribution < -0.4 is 20.1 Å². The quantitative estimate of drug-likeness (QED) is 0.495. The van der Waals surface area contributed by atoms with E-state index >= 15 is 0 Å². The second-order valence-electron chi connectivity index (χ2n) is 8.82. The molecular formula is C27H30N4O6. The number of carbonyl (C=O) groups is 4. The van der Waals surface area contributed by atoms with Crippen LogP contribution >= 0.6 is 0 Å². The highest BCUT2D eigenvalue weighted by Gasteiger charge is 2.37. The summed E-state index contributed by atoms with van der Waals surface area (Å²) in [7, 11) is 3.04. The van der Waals surface area contributed by atoms with Crippen molar-refractivity contribution >= 4 is 29.6 Å². The molecule has 1 unspecified atom stereocenters. The monoisotopic (exact) mass is 506 g/mol. The number of amides is 3. The minimum absolute atomic E-state index is 0.117. The van der Waals surface area contributed by atoms with E-state index < -0.39 is 23.6 Å². The number of methoxy groups -OCH3 is 2. The number of ether oxygens (including phenoxy) is 2. The second-order valence-corrected chi connectivity index (χ2v) is 8.82. The second kappa shape index (κ2) is 11.7. The number of ketones is 1. The van der Waals surface area contributed by atoms with Gasteiger partial charge in [0.25, 0.3) is 11.8 Å². The van der Waals surface area contributed by atoms with Crippen molar-refractivity contribution in [2.24, 2.45) is 0 Å². The van der Waals surface area contributed by atoms with E-state index in [2.05, 4.69) is 15.6 Å². The zero-order valence-corrected chi connectivity index (χ0v) is 20.9. The van der Waals surface area contributed by atoms with Crippen molar-refractivity contribution in [3.63, 3.8) is 0 Å². The fourth-order valence-corrected chi connectivity index (χ4v) is 4.62. The predicted octanol–water partition coefficient (Wildman–Crippen LogP) is 1.66. The number of fused-ring (bicyclic) bond motifs is 1. The smallest absolute Gasteiger partial charge is 0.289 e. The normalized spacial score (nSPS) is 16.1. The van der Waals surface area contributed by atoms with Crippen LogP contribution in [0.3, 0.4) is 0 Å². The van der Waals surface area contributed by atoms with E-state index in [9.17, 15) is 19.2 Å². The van der Waals surface area contributed by atoms with Gasteiger partial charge in [-0.3, -0.25) is 24.2 Å². The zero-order chi connectivity index (χ0) is 26.4. The molecular weight excluding hydrogens is 476 g/mol. The van der Waals surface area contributed by atoms with Crippen LogP contribution in [0.25, 0.3) is 6.08 Å². The maximum atomic E-state index is 12.9. The van der Waals surface area contributed by atoms with E-state index in [1.807, 2.05) is 12.2 Å². The standard InChI is InChI=1S/C27H30N4O6/c1-36-22-10-9-17(14-23(22)37-2)15-29-27(35)25(33)21-8-5-13-31(21)24(32)16-30-26(34)19-11-12-28-20-7-4-3-6-18(19)20/h3,6,9-12,14,21H,4-5,7-8,13,15-16H2,1-2H3,(H,29,35)(H,30,34). The fourth-order valence-electron chi connectivity index (χ4n) is 4.62. The lowest BCUT2D eigenvalue weighted by molar-refractivity contribution is -0.144. The number of benzene rings is 1. The van der Waals surface area contributed by atoms with Crippen molar-refractivity contribution in [3.8, 4) is 11.5 Å². The van der Waals surface area contributed by atoms with Gasteiger partial charge in [0, 0.05) is 36.1 Å². The Labute approximate surface area is 215 Å². The number of nitrogens with one attached hydrogen (secondary N) is 2. The molecule has 1 fully saturated rings. The summed E-state index contributed by atoms with van der Waals surface area (Å²) < 4.78 is 10.5. The Morgan fingerprint density at radius 3 is 2.68 bits per heavy atom. The van der Waals surface area contributed by atoms with Crippen LogP contribution in [0.2, 0.25) is 0 Å². The molecule has 0 radical (unpaired) electrons. The molecule has 1 aromatic heterocycles. The van der Waals surface area contributed by atoms with Gasteiger partial charge >= 0.3 is 0 Å². The van der Waals surface area contributed by atoms with Crippen molar-refractivity contribution in [3.05, 3.63) is 58.9 Å². The number of rotatable bonds is 9. The average molecular weight is 507 g/mol. The number of carbonyl (C=O) groups excluding carboxylic acids is 4. The fraction of sp³-hybridized carbons (Fsp3) is 0.370. The van der Waals surface area contributed by atoms with E-state index in [0.29, 0.717) is 36.4 Å². The number of aryl methyl sites for hydroxylation is 1. The highest BCUT2D eigenvalue weighted by atomic mass is 16.5. The van der Waals surface area contributed by atoms with Crippen molar-refractivity contribution < 1.29 is 28.7 Å². The Balaban J connectivity index is 1.33. The molecule has 194 valence electrons. The van der Waals surface area contributed by atoms with E-state index in [0.717, 1.165) is 29.7 Å². The number of likely N-dealkylation sites (tertiary alicyclic amines) is 1. The van der Waals surface area contributed by atoms with Gasteiger partial charge in [-0.1, -0.05) is 18.2 Å². The minimum atomic E-state index is -0.855. The lowest BCUT2D eigenvalue weighted by Gasteiger charge is -2.23. The summed E-state index contributed by atoms with van der Waals surface area (Å²) >= 11 is 0. The Morgan fingerprint density at radius 1 is 1.08 bits per heavy atom. The van der Waals surface area contributed by atoms with Crippen molar-refractivity contribution in [2.45, 2.75) is 38.3 Å². The zero-order valence-electron chi connectivity index (χ0n) is 20.9. The van der Waals surface area contributed by atoms with Gasteiger partial charge < -0.3 is 25.0 Å². The third-order valence-electron chi connectivity index (χ3n) is 6.55. The molecule has 1 aromatic carbocycles. The molecule has 2 heterocycles. The van der Waals surface area contributed by atoms with E-state index in [4.69, 9.17) is 9.47 Å². The summed E-state index contributed by atoms with van der Waals surface area (Å²) in [5.74, 6) is -1.16. The number of allylic oxidation sites excluding steroid dienone is 1. The summed E-state index contributed by atoms with van der Waals surface area (Å²) in [6.45, 7) is 0.199. The maximum absolute atomic E-state index is 12.9. The van der Waals surface area contributed by atoms with Gasteiger partial charge in [0.15, 0.2) is 11.5 Å². The molecule has 1 saturated heterocycles. The highest BCUT2D eigenvalue weighted by molar-refractivity contribution is 6.38. The molecule has 0 saturated carbocycles. The highest BCUT2D eigenvalue weighted by Crippen LogP contribution is 2.27. The number of Topliss-reactive ketones (excluding diaryl/α,β-unsaturated/α-hetero) is 1. The molecule has 0 bridgehead atoms. The van der Waals surface area contributed by atoms with Crippen molar-refractivity contribution in [1.82, 2.24) is 20.5 Å². The number of nitrogens with zero attached hydrogens (tertiary/aromatic N) is 2. The molecule has 4 rings (SSSR count). The van der Waals surface area contributed by atoms with Gasteiger partial charge in [-0.25, -0.2) is 0 Å². The predicted molar refractivity (Wildman–Crippen MR) is 135 cm³/mol. The van der Waals surface area contributed by atoms with Crippen molar-refractivity contribution in [1.29, 1.82) is 0 Å². The van der Waals surface area contributed by atoms with Gasteiger partial charge in [0.1, 0.15) is 6.04 Å². The van der Waals surface area contributed by atoms with Gasteiger partial charge in [-0.15, -0.1) is 0 Å². The molecule has 3 amide bonds. The summed E-state index contributed by atoms with van der Waals surface area (Å²) in [5.41, 5.74) is 2.80. The SMILES string of the molecule is COc1ccc(CNC(=O)C(=O)C2CCCN2C(=O)CNC(=O)c2ccnc3c2C=CCC3)cc1OC. The summed E-state index contributed by atoms with van der Waals surface area (Å²) in [4.78, 5) is 56.8. The molecule has 2 aromatic rings. The van der Waals surface area contributed by atoms with Crippen LogP contribution in [0.4, 0.5) is 0 Å². The number of aromatic nitrogens is 1. The first kappa shape index (κ1) is 25.9. The van der Waals surface area contributed by atoms with E-state index in [1.165, 1.54) is 19.1 Å². The lowest BCUT2D eigenvalue weighted by atomic mass is 9.98. The van der Waals surface area contributed by atoms with Crippen LogP contribution in [0, 0.1) is 0 Å². The molecule has 1 aliphatic heterocycles. The van der Waals surface area contributed by atoms with Crippen LogP contribution in [0.5, 0.6) is 11.5 Å². The summed E-state index contributed by atoms with van der Waals surface area (Å²) in [5, 5.41) is 5.28. The first-order valence-electron chi connectivity index (χ1n) is 12.2. The van der Waals surface area contributed by atoms with Crippen LogP contribution in [0.1, 0.15) is 46.4 Å². The van der Waals surface area contributed by atoms with E-state index in [-0.39, 0.29) is 19.0 Å². The first-order chi connectivity index (χ1) is 17.9. The van der Waals surface area contributed by atoms with Gasteiger partial charge in [0.05, 0.1) is 20.8 Å². The van der Waals surface area contributed by atoms with Crippen LogP contribution in [0.15, 0.2) is 36.5 Å². The Bertz CT molecular complexity index is 1240. The Morgan fingerprint density at radius 2 is 1.89 bits per heavy atom. The topological polar surface area (TPSA) is 127 Å². The Kier molecular flexibility index (Phi) is 8.17. The van der Waals surface area contributed by atoms with Gasteiger partial charge in [-0.05, 0) is 49.4 Å². The van der Waals surface area contributed by atoms with E-state index in [1.54, 1.807) is 30.5 Å². The van der Waals surface area contributed by atoms with Crippen LogP contribution in [-0.2, 0) is 27.3 Å². The molecule has 10 heteroatoms. The average Bonchev–Trinajstić information content (AvgIpc) is 3.43. The third-order valence-corrected chi connectivity index (χ3v) is 6.55. The number of hydrogen-bond donors (Lipinski definition) is 2. The first-order valence-corrected chi connectivity index (χ1v) is 12.2. The summed E-state index contributed by atoms with van der Waals surface area (Å²) in [6.07, 6.45) is 8.07. The number of hydrogen-bond acceptors (Lipinski definition) is 7.